The highest BCUT2D eigenvalue weighted by Gasteiger charge is 1.73. The lowest BCUT2D eigenvalue weighted by Gasteiger charge is -1.82. The molecule has 0 fully saturated rings. The van der Waals surface area contributed by atoms with E-state index in [9.17, 15) is 0 Å². The van der Waals surface area contributed by atoms with Crippen molar-refractivity contribution >= 4 is 0 Å². The predicted molar refractivity (Wildman–Crippen MR) is 35.0 cm³/mol. The summed E-state index contributed by atoms with van der Waals surface area (Å²) in [4.78, 5) is 3.98. The minimum atomic E-state index is 0. The molecule has 2 nitrogen and oxygen atoms in total. The van der Waals surface area contributed by atoms with E-state index in [2.05, 4.69) is 4.98 Å². The van der Waals surface area contributed by atoms with Crippen molar-refractivity contribution in [3.05, 3.63) is 30.1 Å². The standard InChI is InChI=1S/C6H7N.ClH.H3N/c1-6-4-2-3-5-7-6;;/h2-5H,1H3;1H;1H3. The third-order valence-corrected chi connectivity index (χ3v) is 0.813. The molecule has 0 aliphatic carbocycles. The first-order valence-corrected chi connectivity index (χ1v) is 2.27. The number of hydrogen-bond acceptors (Lipinski definition) is 1. The summed E-state index contributed by atoms with van der Waals surface area (Å²) in [5.74, 6) is 0. The van der Waals surface area contributed by atoms with E-state index in [1.54, 1.807) is 6.20 Å². The van der Waals surface area contributed by atoms with E-state index in [0.29, 0.717) is 0 Å². The largest absolute Gasteiger partial charge is 1.00 e. The number of aryl methyl sites for hydroxylation is 1. The Morgan fingerprint density at radius 1 is 1.33 bits per heavy atom. The van der Waals surface area contributed by atoms with E-state index in [4.69, 9.17) is 0 Å². The molecule has 0 spiro atoms. The smallest absolute Gasteiger partial charge is 0.0372 e. The van der Waals surface area contributed by atoms with Gasteiger partial charge in [-0.2, -0.15) is 0 Å². The van der Waals surface area contributed by atoms with Gasteiger partial charge in [-0.05, 0) is 19.1 Å². The zero-order chi connectivity index (χ0) is 5.11. The number of quaternary nitrogens is 1. The Labute approximate surface area is 61.3 Å². The van der Waals surface area contributed by atoms with Crippen molar-refractivity contribution in [2.24, 2.45) is 0 Å². The van der Waals surface area contributed by atoms with Gasteiger partial charge in [-0.25, -0.2) is 0 Å². The van der Waals surface area contributed by atoms with Gasteiger partial charge in [0.2, 0.25) is 0 Å². The molecule has 0 amide bonds. The summed E-state index contributed by atoms with van der Waals surface area (Å²) in [5.41, 5.74) is 1.07. The molecule has 1 rings (SSSR count). The summed E-state index contributed by atoms with van der Waals surface area (Å²) in [5, 5.41) is 0. The Hall–Kier alpha value is -0.600. The average molecular weight is 147 g/mol. The van der Waals surface area contributed by atoms with Gasteiger partial charge in [-0.3, -0.25) is 4.98 Å². The van der Waals surface area contributed by atoms with Crippen LogP contribution < -0.4 is 18.6 Å². The molecule has 52 valence electrons. The number of aromatic nitrogens is 1. The lowest BCUT2D eigenvalue weighted by Crippen LogP contribution is -3.00. The highest BCUT2D eigenvalue weighted by Crippen LogP contribution is 1.85. The van der Waals surface area contributed by atoms with Crippen molar-refractivity contribution in [2.75, 3.05) is 0 Å². The van der Waals surface area contributed by atoms with E-state index in [-0.39, 0.29) is 18.6 Å². The maximum Gasteiger partial charge on any atom is 0.0372 e. The van der Waals surface area contributed by atoms with Crippen LogP contribution in [0.5, 0.6) is 0 Å². The topological polar surface area (TPSA) is 49.4 Å². The number of rotatable bonds is 0. The third-order valence-electron chi connectivity index (χ3n) is 0.813. The second-order valence-electron chi connectivity index (χ2n) is 1.47. The molecule has 0 aliphatic heterocycles. The predicted octanol–water partition coefficient (Wildman–Crippen LogP) is -1.23. The summed E-state index contributed by atoms with van der Waals surface area (Å²) >= 11 is 0. The molecule has 1 aromatic heterocycles. The molecule has 0 bridgehead atoms. The molecule has 0 atom stereocenters. The highest BCUT2D eigenvalue weighted by molar-refractivity contribution is 4.99. The fourth-order valence-corrected chi connectivity index (χ4v) is 0.448. The zero-order valence-corrected chi connectivity index (χ0v) is 6.39. The van der Waals surface area contributed by atoms with E-state index >= 15 is 0 Å². The van der Waals surface area contributed by atoms with Crippen LogP contribution in [0.1, 0.15) is 5.69 Å². The van der Waals surface area contributed by atoms with E-state index in [1.165, 1.54) is 0 Å². The van der Waals surface area contributed by atoms with Gasteiger partial charge >= 0.3 is 0 Å². The minimum absolute atomic E-state index is 0. The maximum atomic E-state index is 3.98. The second-order valence-corrected chi connectivity index (χ2v) is 1.47. The summed E-state index contributed by atoms with van der Waals surface area (Å²) < 4.78 is 0. The van der Waals surface area contributed by atoms with Crippen LogP contribution in [0.4, 0.5) is 0 Å². The van der Waals surface area contributed by atoms with Crippen LogP contribution in [0.15, 0.2) is 24.4 Å². The molecule has 4 N–H and O–H groups in total. The maximum absolute atomic E-state index is 3.98. The molecule has 0 saturated heterocycles. The molecule has 0 saturated carbocycles. The van der Waals surface area contributed by atoms with Crippen LogP contribution in [-0.2, 0) is 0 Å². The fourth-order valence-electron chi connectivity index (χ4n) is 0.448. The van der Waals surface area contributed by atoms with E-state index in [1.807, 2.05) is 25.1 Å². The van der Waals surface area contributed by atoms with Crippen LogP contribution in [-0.4, -0.2) is 4.98 Å². The first-order valence-electron chi connectivity index (χ1n) is 2.27. The van der Waals surface area contributed by atoms with Crippen LogP contribution in [0.2, 0.25) is 0 Å². The van der Waals surface area contributed by atoms with Crippen molar-refractivity contribution in [2.45, 2.75) is 6.92 Å². The Kier molecular flexibility index (Phi) is 6.91. The van der Waals surface area contributed by atoms with Gasteiger partial charge in [-0.15, -0.1) is 0 Å². The van der Waals surface area contributed by atoms with Gasteiger partial charge in [0.15, 0.2) is 0 Å². The number of hydrogen-bond donors (Lipinski definition) is 1. The molecule has 0 aromatic carbocycles. The van der Waals surface area contributed by atoms with Crippen molar-refractivity contribution in [3.8, 4) is 0 Å². The number of nitrogens with zero attached hydrogens (tertiary/aromatic N) is 1. The quantitative estimate of drug-likeness (QED) is 0.490. The molecular formula is C6H11ClN2. The van der Waals surface area contributed by atoms with Crippen LogP contribution in [0, 0.1) is 6.92 Å². The zero-order valence-electron chi connectivity index (χ0n) is 5.63. The van der Waals surface area contributed by atoms with Gasteiger partial charge in [0.05, 0.1) is 0 Å². The van der Waals surface area contributed by atoms with E-state index < -0.39 is 0 Å². The van der Waals surface area contributed by atoms with Crippen molar-refractivity contribution < 1.29 is 12.4 Å². The van der Waals surface area contributed by atoms with Crippen molar-refractivity contribution in [1.29, 1.82) is 0 Å². The highest BCUT2D eigenvalue weighted by atomic mass is 35.5. The SMILES string of the molecule is Cc1ccccn1.[Cl-].[NH4+]. The molecule has 3 heteroatoms. The van der Waals surface area contributed by atoms with Gasteiger partial charge in [0, 0.05) is 11.9 Å². The van der Waals surface area contributed by atoms with Gasteiger partial charge in [-0.1, -0.05) is 6.07 Å². The fraction of sp³-hybridized carbons (Fsp3) is 0.167. The Morgan fingerprint density at radius 3 is 2.22 bits per heavy atom. The molecule has 9 heavy (non-hydrogen) atoms. The first kappa shape index (κ1) is 11.2. The van der Waals surface area contributed by atoms with Gasteiger partial charge in [0.25, 0.3) is 0 Å². The van der Waals surface area contributed by atoms with Crippen LogP contribution in [0.3, 0.4) is 0 Å². The molecule has 0 aliphatic rings. The van der Waals surface area contributed by atoms with E-state index in [0.717, 1.165) is 5.69 Å². The van der Waals surface area contributed by atoms with Gasteiger partial charge < -0.3 is 18.6 Å². The summed E-state index contributed by atoms with van der Waals surface area (Å²) in [6.45, 7) is 1.97. The lowest BCUT2D eigenvalue weighted by molar-refractivity contribution is -0.00000208. The average Bonchev–Trinajstić information content (AvgIpc) is 1.69. The monoisotopic (exact) mass is 146 g/mol. The Balaban J connectivity index is 0. The summed E-state index contributed by atoms with van der Waals surface area (Å²) in [7, 11) is 0. The van der Waals surface area contributed by atoms with Crippen molar-refractivity contribution in [3.63, 3.8) is 0 Å². The van der Waals surface area contributed by atoms with Crippen molar-refractivity contribution in [1.82, 2.24) is 11.1 Å². The van der Waals surface area contributed by atoms with Gasteiger partial charge in [0.1, 0.15) is 0 Å². The Bertz CT molecular complexity index is 141. The second kappa shape index (κ2) is 5.54. The molecule has 0 unspecified atom stereocenters. The number of pyridine rings is 1. The summed E-state index contributed by atoms with van der Waals surface area (Å²) in [6, 6.07) is 5.86. The van der Waals surface area contributed by atoms with Crippen LogP contribution >= 0.6 is 0 Å². The normalized spacial score (nSPS) is 6.78. The molecule has 1 aromatic rings. The third kappa shape index (κ3) is 3.94. The Morgan fingerprint density at radius 2 is 2.00 bits per heavy atom. The first-order chi connectivity index (χ1) is 3.39. The molecule has 0 radical (unpaired) electrons. The lowest BCUT2D eigenvalue weighted by atomic mass is 10.4. The molecule has 1 heterocycles. The number of halogens is 1. The van der Waals surface area contributed by atoms with Crippen LogP contribution in [0.25, 0.3) is 0 Å². The summed E-state index contributed by atoms with van der Waals surface area (Å²) in [6.07, 6.45) is 1.79. The molecular weight excluding hydrogens is 136 g/mol. The minimum Gasteiger partial charge on any atom is -1.00 e.